The number of ether oxygens (including phenoxy) is 1. The lowest BCUT2D eigenvalue weighted by Gasteiger charge is -2.11. The van der Waals surface area contributed by atoms with Crippen LogP contribution in [0.25, 0.3) is 28.0 Å². The van der Waals surface area contributed by atoms with Crippen LogP contribution in [0.15, 0.2) is 91.5 Å². The van der Waals surface area contributed by atoms with Gasteiger partial charge in [-0.2, -0.15) is 5.10 Å². The molecule has 0 unspecified atom stereocenters. The second-order valence-corrected chi connectivity index (χ2v) is 6.73. The fourth-order valence-electron chi connectivity index (χ4n) is 3.42. The van der Waals surface area contributed by atoms with Gasteiger partial charge in [0.15, 0.2) is 5.65 Å². The summed E-state index contributed by atoms with van der Waals surface area (Å²) >= 11 is 0. The number of fused-ring (bicyclic) bond motifs is 1. The van der Waals surface area contributed by atoms with E-state index >= 15 is 0 Å². The number of hydrogen-bond donors (Lipinski definition) is 0. The minimum absolute atomic E-state index is 0.755. The van der Waals surface area contributed by atoms with E-state index in [9.17, 15) is 0 Å². The minimum Gasteiger partial charge on any atom is -0.457 e. The van der Waals surface area contributed by atoms with Crippen LogP contribution in [0, 0.1) is 6.92 Å². The van der Waals surface area contributed by atoms with Gasteiger partial charge in [-0.1, -0.05) is 30.3 Å². The molecule has 5 nitrogen and oxygen atoms in total. The summed E-state index contributed by atoms with van der Waals surface area (Å²) in [4.78, 5) is 8.95. The number of nitrogens with zero attached hydrogens (tertiary/aromatic N) is 4. The van der Waals surface area contributed by atoms with Gasteiger partial charge in [0.1, 0.15) is 11.5 Å². The number of pyridine rings is 1. The van der Waals surface area contributed by atoms with Gasteiger partial charge in [-0.15, -0.1) is 0 Å². The van der Waals surface area contributed by atoms with E-state index in [0.29, 0.717) is 0 Å². The summed E-state index contributed by atoms with van der Waals surface area (Å²) in [5.74, 6) is 1.54. The van der Waals surface area contributed by atoms with Gasteiger partial charge < -0.3 is 4.74 Å². The van der Waals surface area contributed by atoms with Gasteiger partial charge in [0, 0.05) is 35.3 Å². The van der Waals surface area contributed by atoms with E-state index in [1.54, 1.807) is 12.4 Å². The van der Waals surface area contributed by atoms with Crippen molar-refractivity contribution in [3.63, 3.8) is 0 Å². The number of aryl methyl sites for hydroxylation is 1. The van der Waals surface area contributed by atoms with E-state index in [-0.39, 0.29) is 0 Å². The Morgan fingerprint density at radius 2 is 1.59 bits per heavy atom. The molecule has 3 heterocycles. The smallest absolute Gasteiger partial charge is 0.162 e. The Bertz CT molecular complexity index is 1290. The number of aromatic nitrogens is 4. The molecule has 0 spiro atoms. The summed E-state index contributed by atoms with van der Waals surface area (Å²) < 4.78 is 7.99. The highest BCUT2D eigenvalue weighted by Crippen LogP contribution is 2.35. The predicted octanol–water partition coefficient (Wildman–Crippen LogP) is 5.56. The maximum atomic E-state index is 6.14. The zero-order valence-electron chi connectivity index (χ0n) is 15.9. The molecule has 0 N–H and O–H groups in total. The van der Waals surface area contributed by atoms with Crippen LogP contribution in [0.2, 0.25) is 0 Å². The van der Waals surface area contributed by atoms with Crippen molar-refractivity contribution in [2.45, 2.75) is 6.92 Å². The molecule has 0 aliphatic heterocycles. The number of rotatable bonds is 4. The summed E-state index contributed by atoms with van der Waals surface area (Å²) in [5.41, 5.74) is 5.77. The molecule has 0 aliphatic carbocycles. The van der Waals surface area contributed by atoms with Gasteiger partial charge >= 0.3 is 0 Å². The van der Waals surface area contributed by atoms with Gasteiger partial charge in [-0.3, -0.25) is 4.98 Å². The third-order valence-corrected chi connectivity index (χ3v) is 4.87. The first-order valence-electron chi connectivity index (χ1n) is 9.37. The van der Waals surface area contributed by atoms with Gasteiger partial charge in [0.05, 0.1) is 11.9 Å². The Kier molecular flexibility index (Phi) is 4.26. The lowest BCUT2D eigenvalue weighted by Crippen LogP contribution is -1.97. The summed E-state index contributed by atoms with van der Waals surface area (Å²) in [6.07, 6.45) is 7.29. The van der Waals surface area contributed by atoms with E-state index < -0.39 is 0 Å². The number of benzene rings is 2. The first-order valence-corrected chi connectivity index (χ1v) is 9.37. The molecule has 0 bridgehead atoms. The van der Waals surface area contributed by atoms with E-state index in [1.807, 2.05) is 83.6 Å². The second kappa shape index (κ2) is 7.20. The summed E-state index contributed by atoms with van der Waals surface area (Å²) in [6, 6.07) is 21.6. The maximum Gasteiger partial charge on any atom is 0.162 e. The number of hydrogen-bond acceptors (Lipinski definition) is 4. The third-order valence-electron chi connectivity index (χ3n) is 4.87. The zero-order chi connectivity index (χ0) is 19.6. The zero-order valence-corrected chi connectivity index (χ0v) is 15.9. The molecule has 5 aromatic rings. The Labute approximate surface area is 168 Å². The summed E-state index contributed by atoms with van der Waals surface area (Å²) in [6.45, 7) is 2.07. The SMILES string of the molecule is Cc1ccncc1-c1ccnn2c(-c3ccccc3Oc3ccccc3)cnc12. The highest BCUT2D eigenvalue weighted by molar-refractivity contribution is 5.81. The van der Waals surface area contributed by atoms with Crippen LogP contribution in [0.3, 0.4) is 0 Å². The topological polar surface area (TPSA) is 52.3 Å². The van der Waals surface area contributed by atoms with Crippen molar-refractivity contribution < 1.29 is 4.74 Å². The standard InChI is InChI=1S/C24H18N4O/c1-17-11-13-25-15-21(17)19-12-14-27-28-22(16-26-24(19)28)20-9-5-6-10-23(20)29-18-7-3-2-4-8-18/h2-16H,1H3. The van der Waals surface area contributed by atoms with Crippen molar-refractivity contribution in [3.8, 4) is 33.9 Å². The molecule has 2 aromatic carbocycles. The Morgan fingerprint density at radius 1 is 0.759 bits per heavy atom. The molecule has 0 radical (unpaired) electrons. The molecule has 0 fully saturated rings. The quantitative estimate of drug-likeness (QED) is 0.411. The first-order chi connectivity index (χ1) is 14.3. The van der Waals surface area contributed by atoms with Crippen molar-refractivity contribution in [1.82, 2.24) is 19.6 Å². The van der Waals surface area contributed by atoms with E-state index in [0.717, 1.165) is 45.1 Å². The van der Waals surface area contributed by atoms with Crippen LogP contribution in [-0.4, -0.2) is 19.6 Å². The van der Waals surface area contributed by atoms with E-state index in [4.69, 9.17) is 4.74 Å². The second-order valence-electron chi connectivity index (χ2n) is 6.73. The van der Waals surface area contributed by atoms with Crippen molar-refractivity contribution in [2.75, 3.05) is 0 Å². The monoisotopic (exact) mass is 378 g/mol. The normalized spacial score (nSPS) is 10.9. The third kappa shape index (κ3) is 3.12. The van der Waals surface area contributed by atoms with E-state index in [2.05, 4.69) is 22.0 Å². The van der Waals surface area contributed by atoms with Gasteiger partial charge in [-0.25, -0.2) is 9.50 Å². The molecule has 0 amide bonds. The number of imidazole rings is 1. The van der Waals surface area contributed by atoms with Gasteiger partial charge in [-0.05, 0) is 48.9 Å². The van der Waals surface area contributed by atoms with Crippen LogP contribution in [-0.2, 0) is 0 Å². The summed E-state index contributed by atoms with van der Waals surface area (Å²) in [5, 5.41) is 4.56. The molecule has 29 heavy (non-hydrogen) atoms. The highest BCUT2D eigenvalue weighted by atomic mass is 16.5. The van der Waals surface area contributed by atoms with Gasteiger partial charge in [0.25, 0.3) is 0 Å². The summed E-state index contributed by atoms with van der Waals surface area (Å²) in [7, 11) is 0. The molecule has 0 saturated heterocycles. The van der Waals surface area contributed by atoms with Crippen molar-refractivity contribution in [3.05, 3.63) is 97.1 Å². The molecule has 0 atom stereocenters. The Morgan fingerprint density at radius 3 is 2.45 bits per heavy atom. The molecule has 5 rings (SSSR count). The number of para-hydroxylation sites is 2. The average Bonchev–Trinajstić information content (AvgIpc) is 3.20. The molecule has 5 heteroatoms. The largest absolute Gasteiger partial charge is 0.457 e. The fraction of sp³-hybridized carbons (Fsp3) is 0.0417. The lowest BCUT2D eigenvalue weighted by atomic mass is 10.1. The highest BCUT2D eigenvalue weighted by Gasteiger charge is 2.16. The van der Waals surface area contributed by atoms with E-state index in [1.165, 1.54) is 0 Å². The molecule has 140 valence electrons. The molecule has 0 saturated carbocycles. The molecule has 0 aliphatic rings. The average molecular weight is 378 g/mol. The molecular weight excluding hydrogens is 360 g/mol. The minimum atomic E-state index is 0.755. The van der Waals surface area contributed by atoms with Crippen molar-refractivity contribution in [2.24, 2.45) is 0 Å². The maximum absolute atomic E-state index is 6.14. The Hall–Kier alpha value is -3.99. The Balaban J connectivity index is 1.65. The fourth-order valence-corrected chi connectivity index (χ4v) is 3.42. The lowest BCUT2D eigenvalue weighted by molar-refractivity contribution is 0.484. The van der Waals surface area contributed by atoms with Crippen molar-refractivity contribution in [1.29, 1.82) is 0 Å². The molecular formula is C24H18N4O. The van der Waals surface area contributed by atoms with Crippen molar-refractivity contribution >= 4 is 5.65 Å². The van der Waals surface area contributed by atoms with Gasteiger partial charge in [0.2, 0.25) is 0 Å². The first kappa shape index (κ1) is 17.1. The van der Waals surface area contributed by atoms with Crippen LogP contribution < -0.4 is 4.74 Å². The van der Waals surface area contributed by atoms with Crippen LogP contribution in [0.5, 0.6) is 11.5 Å². The van der Waals surface area contributed by atoms with Crippen LogP contribution in [0.1, 0.15) is 5.56 Å². The molecule has 3 aromatic heterocycles. The van der Waals surface area contributed by atoms with Crippen LogP contribution in [0.4, 0.5) is 0 Å². The predicted molar refractivity (Wildman–Crippen MR) is 113 cm³/mol. The van der Waals surface area contributed by atoms with Crippen LogP contribution >= 0.6 is 0 Å².